The van der Waals surface area contributed by atoms with Gasteiger partial charge in [0.15, 0.2) is 6.29 Å². The number of nitrogens with zero attached hydrogens (tertiary/aromatic N) is 2. The number of hydrogen-bond donors (Lipinski definition) is 2. The molecule has 0 saturated carbocycles. The molecule has 4 atom stereocenters. The van der Waals surface area contributed by atoms with Gasteiger partial charge < -0.3 is 29.5 Å². The number of aliphatic hydroxyl groups is 1. The van der Waals surface area contributed by atoms with Crippen molar-refractivity contribution < 1.29 is 42.1 Å². The Kier molecular flexibility index (Phi) is 10.8. The molecule has 48 heavy (non-hydrogen) atoms. The number of hydrogen-bond acceptors (Lipinski definition) is 7. The Hall–Kier alpha value is -3.81. The molecule has 12 heteroatoms. The average Bonchev–Trinajstić information content (AvgIpc) is 3.60. The molecule has 0 bridgehead atoms. The van der Waals surface area contributed by atoms with Crippen molar-refractivity contribution in [3.8, 4) is 11.1 Å². The number of likely N-dealkylation sites (tertiary alicyclic amines) is 1. The molecule has 3 saturated heterocycles. The Balaban J connectivity index is 1.12. The van der Waals surface area contributed by atoms with E-state index in [9.17, 15) is 27.9 Å². The molecule has 0 radical (unpaired) electrons. The number of amides is 2. The maximum atomic E-state index is 13.0. The second-order valence-electron chi connectivity index (χ2n) is 12.5. The van der Waals surface area contributed by atoms with Crippen molar-refractivity contribution in [3.05, 3.63) is 95.1 Å². The van der Waals surface area contributed by atoms with Gasteiger partial charge in [0.1, 0.15) is 6.04 Å². The van der Waals surface area contributed by atoms with E-state index in [2.05, 4.69) is 10.2 Å². The smallest absolute Gasteiger partial charge is 0.392 e. The molecule has 0 aliphatic carbocycles. The summed E-state index contributed by atoms with van der Waals surface area (Å²) >= 11 is 0. The predicted octanol–water partition coefficient (Wildman–Crippen LogP) is 4.89. The average molecular weight is 668 g/mol. The van der Waals surface area contributed by atoms with Gasteiger partial charge in [-0.1, -0.05) is 66.7 Å². The van der Waals surface area contributed by atoms with Crippen molar-refractivity contribution in [2.24, 2.45) is 0 Å². The van der Waals surface area contributed by atoms with Gasteiger partial charge >= 0.3 is 12.1 Å². The molecule has 9 nitrogen and oxygen atoms in total. The summed E-state index contributed by atoms with van der Waals surface area (Å²) in [5, 5.41) is 12.2. The normalized spacial score (nSPS) is 23.6. The third kappa shape index (κ3) is 8.24. The second-order valence-corrected chi connectivity index (χ2v) is 12.5. The van der Waals surface area contributed by atoms with E-state index in [1.165, 1.54) is 0 Å². The van der Waals surface area contributed by atoms with Crippen LogP contribution in [0.2, 0.25) is 0 Å². The summed E-state index contributed by atoms with van der Waals surface area (Å²) in [5.41, 5.74) is 5.35. The van der Waals surface area contributed by atoms with Gasteiger partial charge in [0.05, 0.1) is 32.0 Å². The number of nitrogens with one attached hydrogen (secondary N) is 1. The van der Waals surface area contributed by atoms with Crippen LogP contribution in [-0.2, 0) is 37.0 Å². The van der Waals surface area contributed by atoms with Crippen LogP contribution in [0.3, 0.4) is 0 Å². The number of alkyl halides is 3. The van der Waals surface area contributed by atoms with E-state index >= 15 is 0 Å². The van der Waals surface area contributed by atoms with Crippen LogP contribution in [0.25, 0.3) is 11.1 Å². The highest BCUT2D eigenvalue weighted by molar-refractivity contribution is 5.90. The monoisotopic (exact) mass is 667 g/mol. The van der Waals surface area contributed by atoms with Gasteiger partial charge in [-0.05, 0) is 46.7 Å². The number of rotatable bonds is 9. The fourth-order valence-electron chi connectivity index (χ4n) is 6.55. The molecule has 0 aromatic heterocycles. The van der Waals surface area contributed by atoms with Gasteiger partial charge in [0.2, 0.25) is 5.91 Å². The minimum absolute atomic E-state index is 0.0200. The third-order valence-electron chi connectivity index (χ3n) is 9.15. The van der Waals surface area contributed by atoms with Crippen LogP contribution in [-0.4, -0.2) is 84.4 Å². The Morgan fingerprint density at radius 2 is 1.60 bits per heavy atom. The highest BCUT2D eigenvalue weighted by Gasteiger charge is 2.47. The predicted molar refractivity (Wildman–Crippen MR) is 170 cm³/mol. The quantitative estimate of drug-likeness (QED) is 0.335. The lowest BCUT2D eigenvalue weighted by Gasteiger charge is -2.39. The summed E-state index contributed by atoms with van der Waals surface area (Å²) in [6.07, 6.45) is -4.60. The molecule has 4 unspecified atom stereocenters. The van der Waals surface area contributed by atoms with Crippen molar-refractivity contribution >= 4 is 11.8 Å². The van der Waals surface area contributed by atoms with Gasteiger partial charge in [-0.25, -0.2) is 0 Å². The number of carbonyl (C=O) groups excluding carboxylic acids is 2. The Bertz CT molecular complexity index is 1550. The number of benzene rings is 3. The molecule has 3 aliphatic heterocycles. The summed E-state index contributed by atoms with van der Waals surface area (Å²) in [4.78, 5) is 27.5. The van der Waals surface area contributed by atoms with Crippen LogP contribution in [0.4, 0.5) is 13.2 Å². The fraction of sp³-hybridized carbons (Fsp3) is 0.444. The zero-order valence-electron chi connectivity index (χ0n) is 26.5. The summed E-state index contributed by atoms with van der Waals surface area (Å²) in [6.45, 7) is 3.90. The number of ether oxygens (including phenoxy) is 3. The van der Waals surface area contributed by atoms with Crippen molar-refractivity contribution in [1.29, 1.82) is 0 Å². The molecular formula is C36H40F3N3O6. The van der Waals surface area contributed by atoms with Crippen LogP contribution >= 0.6 is 0 Å². The Morgan fingerprint density at radius 1 is 0.875 bits per heavy atom. The van der Waals surface area contributed by atoms with E-state index < -0.39 is 30.3 Å². The first-order valence-corrected chi connectivity index (χ1v) is 16.3. The van der Waals surface area contributed by atoms with E-state index in [0.29, 0.717) is 31.0 Å². The van der Waals surface area contributed by atoms with Crippen molar-refractivity contribution in [2.75, 3.05) is 39.4 Å². The van der Waals surface area contributed by atoms with Gasteiger partial charge in [0, 0.05) is 44.7 Å². The van der Waals surface area contributed by atoms with E-state index in [1.54, 1.807) is 0 Å². The Morgan fingerprint density at radius 3 is 2.31 bits per heavy atom. The van der Waals surface area contributed by atoms with Gasteiger partial charge in [0.25, 0.3) is 0 Å². The van der Waals surface area contributed by atoms with E-state index in [-0.39, 0.29) is 38.3 Å². The van der Waals surface area contributed by atoms with Crippen LogP contribution < -0.4 is 5.32 Å². The minimum atomic E-state index is -5.01. The van der Waals surface area contributed by atoms with E-state index in [0.717, 1.165) is 53.0 Å². The molecule has 3 fully saturated rings. The highest BCUT2D eigenvalue weighted by Crippen LogP contribution is 2.39. The Labute approximate surface area is 277 Å². The standard InChI is InChI=1S/C36H40F3N3O6/c37-36(38,39)35(45)42-14-2-5-31(42)33(44)40-21-25-3-1-4-29(19-25)26-10-12-28(13-11-26)34-47-30(22-41-15-17-46-18-16-41)20-32(48-34)27-8-6-24(23-43)7-9-27/h1,3-4,6-13,19,30-32,34,43H,2,5,14-18,20-23H2,(H,40,44). The van der Waals surface area contributed by atoms with Gasteiger partial charge in [-0.3, -0.25) is 14.5 Å². The SMILES string of the molecule is O=C(NCc1cccc(-c2ccc(C3OC(CN4CCOCC4)CC(c4ccc(CO)cc4)O3)cc2)c1)C1CCCN1C(=O)C(F)(F)F. The molecule has 3 aliphatic rings. The molecule has 6 rings (SSSR count). The molecule has 3 heterocycles. The maximum Gasteiger partial charge on any atom is 0.471 e. The summed E-state index contributed by atoms with van der Waals surface area (Å²) in [6, 6.07) is 22.1. The molecule has 3 aromatic carbocycles. The molecule has 2 N–H and O–H groups in total. The largest absolute Gasteiger partial charge is 0.471 e. The van der Waals surface area contributed by atoms with E-state index in [1.807, 2.05) is 72.8 Å². The fourth-order valence-corrected chi connectivity index (χ4v) is 6.55. The van der Waals surface area contributed by atoms with Crippen LogP contribution in [0, 0.1) is 0 Å². The lowest BCUT2D eigenvalue weighted by Crippen LogP contribution is -2.50. The van der Waals surface area contributed by atoms with Gasteiger partial charge in [-0.2, -0.15) is 13.2 Å². The van der Waals surface area contributed by atoms with Crippen LogP contribution in [0.15, 0.2) is 72.8 Å². The van der Waals surface area contributed by atoms with Crippen LogP contribution in [0.5, 0.6) is 0 Å². The second kappa shape index (κ2) is 15.2. The van der Waals surface area contributed by atoms with Crippen molar-refractivity contribution in [1.82, 2.24) is 15.1 Å². The third-order valence-corrected chi connectivity index (χ3v) is 9.15. The summed E-state index contributed by atoms with van der Waals surface area (Å²) in [7, 11) is 0. The number of aliphatic hydroxyl groups excluding tert-OH is 1. The summed E-state index contributed by atoms with van der Waals surface area (Å²) in [5.74, 6) is -2.57. The molecule has 3 aromatic rings. The number of morpholine rings is 1. The lowest BCUT2D eigenvalue weighted by atomic mass is 9.99. The molecule has 256 valence electrons. The number of halogens is 3. The minimum Gasteiger partial charge on any atom is -0.392 e. The van der Waals surface area contributed by atoms with E-state index in [4.69, 9.17) is 14.2 Å². The maximum absolute atomic E-state index is 13.0. The van der Waals surface area contributed by atoms with Gasteiger partial charge in [-0.15, -0.1) is 0 Å². The first-order chi connectivity index (χ1) is 23.2. The lowest BCUT2D eigenvalue weighted by molar-refractivity contribution is -0.253. The highest BCUT2D eigenvalue weighted by atomic mass is 19.4. The molecule has 0 spiro atoms. The van der Waals surface area contributed by atoms with Crippen molar-refractivity contribution in [3.63, 3.8) is 0 Å². The van der Waals surface area contributed by atoms with Crippen molar-refractivity contribution in [2.45, 2.75) is 63.1 Å². The first kappa shape index (κ1) is 34.1. The summed E-state index contributed by atoms with van der Waals surface area (Å²) < 4.78 is 57.5. The first-order valence-electron chi connectivity index (χ1n) is 16.3. The zero-order chi connectivity index (χ0) is 33.7. The van der Waals surface area contributed by atoms with Crippen LogP contribution in [0.1, 0.15) is 53.9 Å². The zero-order valence-corrected chi connectivity index (χ0v) is 26.5. The molecular weight excluding hydrogens is 627 g/mol. The number of carbonyl (C=O) groups is 2. The topological polar surface area (TPSA) is 101 Å². The molecule has 2 amide bonds.